The maximum Gasteiger partial charge on any atom is 0.148 e. The molecule has 0 aliphatic rings. The lowest BCUT2D eigenvalue weighted by molar-refractivity contribution is 0.585. The Kier molecular flexibility index (Phi) is 4.89. The minimum absolute atomic E-state index is 0.00254. The van der Waals surface area contributed by atoms with Gasteiger partial charge in [-0.05, 0) is 39.2 Å². The SMILES string of the molecule is CC(C)NCc1ccc(-c2c(F)ccc(Br)c2F)cc1. The zero-order valence-corrected chi connectivity index (χ0v) is 13.0. The molecule has 0 radical (unpaired) electrons. The number of nitrogens with one attached hydrogen (secondary N) is 1. The first-order chi connectivity index (χ1) is 9.49. The van der Waals surface area contributed by atoms with E-state index in [2.05, 4.69) is 35.1 Å². The molecule has 0 unspecified atom stereocenters. The Bertz CT molecular complexity index is 594. The zero-order valence-electron chi connectivity index (χ0n) is 11.4. The van der Waals surface area contributed by atoms with E-state index in [0.29, 0.717) is 11.6 Å². The molecular weight excluding hydrogens is 324 g/mol. The van der Waals surface area contributed by atoms with E-state index in [-0.39, 0.29) is 10.0 Å². The largest absolute Gasteiger partial charge is 0.310 e. The summed E-state index contributed by atoms with van der Waals surface area (Å²) in [6.07, 6.45) is 0. The molecule has 1 nitrogen and oxygen atoms in total. The molecule has 20 heavy (non-hydrogen) atoms. The Hall–Kier alpha value is -1.26. The van der Waals surface area contributed by atoms with E-state index in [0.717, 1.165) is 12.1 Å². The average molecular weight is 340 g/mol. The van der Waals surface area contributed by atoms with Crippen LogP contribution >= 0.6 is 15.9 Å². The molecule has 0 aliphatic carbocycles. The highest BCUT2D eigenvalue weighted by Crippen LogP contribution is 2.30. The third kappa shape index (κ3) is 3.44. The molecule has 0 heterocycles. The first-order valence-electron chi connectivity index (χ1n) is 6.45. The number of hydrogen-bond acceptors (Lipinski definition) is 1. The Morgan fingerprint density at radius 3 is 2.30 bits per heavy atom. The first kappa shape index (κ1) is 15.1. The molecule has 0 saturated heterocycles. The summed E-state index contributed by atoms with van der Waals surface area (Å²) in [6.45, 7) is 4.88. The van der Waals surface area contributed by atoms with Gasteiger partial charge in [-0.2, -0.15) is 0 Å². The molecule has 4 heteroatoms. The second-order valence-corrected chi connectivity index (χ2v) is 5.81. The molecule has 0 aromatic heterocycles. The third-order valence-electron chi connectivity index (χ3n) is 3.00. The van der Waals surface area contributed by atoms with Crippen LogP contribution in [0.4, 0.5) is 8.78 Å². The number of halogens is 3. The predicted molar refractivity (Wildman–Crippen MR) is 81.5 cm³/mol. The van der Waals surface area contributed by atoms with Gasteiger partial charge in [-0.1, -0.05) is 38.1 Å². The Labute approximate surface area is 126 Å². The summed E-state index contributed by atoms with van der Waals surface area (Å²) in [5, 5.41) is 3.30. The molecular formula is C16H16BrF2N. The molecule has 0 aliphatic heterocycles. The summed E-state index contributed by atoms with van der Waals surface area (Å²) < 4.78 is 28.1. The van der Waals surface area contributed by atoms with E-state index < -0.39 is 11.6 Å². The molecule has 2 rings (SSSR count). The molecule has 0 amide bonds. The lowest BCUT2D eigenvalue weighted by Gasteiger charge is -2.10. The number of benzene rings is 2. The van der Waals surface area contributed by atoms with Gasteiger partial charge in [-0.25, -0.2) is 8.78 Å². The topological polar surface area (TPSA) is 12.0 Å². The Morgan fingerprint density at radius 2 is 1.70 bits per heavy atom. The van der Waals surface area contributed by atoms with Crippen LogP contribution < -0.4 is 5.32 Å². The summed E-state index contributed by atoms with van der Waals surface area (Å²) in [4.78, 5) is 0. The van der Waals surface area contributed by atoms with Gasteiger partial charge in [-0.3, -0.25) is 0 Å². The minimum Gasteiger partial charge on any atom is -0.310 e. The van der Waals surface area contributed by atoms with Crippen LogP contribution in [0.5, 0.6) is 0 Å². The summed E-state index contributed by atoms with van der Waals surface area (Å²) in [5.74, 6) is -1.13. The van der Waals surface area contributed by atoms with E-state index in [1.807, 2.05) is 12.1 Å². The predicted octanol–water partition coefficient (Wildman–Crippen LogP) is 4.89. The average Bonchev–Trinajstić information content (AvgIpc) is 2.42. The fraction of sp³-hybridized carbons (Fsp3) is 0.250. The normalized spacial score (nSPS) is 11.1. The minimum atomic E-state index is -0.571. The maximum atomic E-state index is 14.0. The van der Waals surface area contributed by atoms with E-state index in [1.165, 1.54) is 12.1 Å². The highest BCUT2D eigenvalue weighted by Gasteiger charge is 2.14. The smallest absolute Gasteiger partial charge is 0.148 e. The summed E-state index contributed by atoms with van der Waals surface area (Å²) >= 11 is 3.08. The van der Waals surface area contributed by atoms with Crippen molar-refractivity contribution in [1.29, 1.82) is 0 Å². The van der Waals surface area contributed by atoms with Crippen molar-refractivity contribution in [3.05, 3.63) is 58.1 Å². The highest BCUT2D eigenvalue weighted by atomic mass is 79.9. The van der Waals surface area contributed by atoms with E-state index in [9.17, 15) is 8.78 Å². The van der Waals surface area contributed by atoms with Gasteiger partial charge in [0.15, 0.2) is 0 Å². The summed E-state index contributed by atoms with van der Waals surface area (Å²) in [5.41, 5.74) is 1.62. The Morgan fingerprint density at radius 1 is 1.05 bits per heavy atom. The fourth-order valence-electron chi connectivity index (χ4n) is 1.90. The quantitative estimate of drug-likeness (QED) is 0.782. The van der Waals surface area contributed by atoms with Gasteiger partial charge in [0.2, 0.25) is 0 Å². The van der Waals surface area contributed by atoms with Crippen molar-refractivity contribution in [1.82, 2.24) is 5.32 Å². The van der Waals surface area contributed by atoms with Gasteiger partial charge in [0.05, 0.1) is 10.0 Å². The lowest BCUT2D eigenvalue weighted by atomic mass is 10.0. The van der Waals surface area contributed by atoms with Crippen LogP contribution in [0.3, 0.4) is 0 Å². The second kappa shape index (κ2) is 6.46. The van der Waals surface area contributed by atoms with Gasteiger partial charge in [0, 0.05) is 12.6 Å². The molecule has 0 bridgehead atoms. The van der Waals surface area contributed by atoms with Crippen molar-refractivity contribution >= 4 is 15.9 Å². The van der Waals surface area contributed by atoms with Crippen molar-refractivity contribution in [2.24, 2.45) is 0 Å². The Balaban J connectivity index is 2.29. The standard InChI is InChI=1S/C16H16BrF2N/c1-10(2)20-9-11-3-5-12(6-4-11)15-14(18)8-7-13(17)16(15)19/h3-8,10,20H,9H2,1-2H3. The molecule has 2 aromatic rings. The van der Waals surface area contributed by atoms with Crippen molar-refractivity contribution < 1.29 is 8.78 Å². The van der Waals surface area contributed by atoms with Crippen molar-refractivity contribution in [3.8, 4) is 11.1 Å². The zero-order chi connectivity index (χ0) is 14.7. The molecule has 1 N–H and O–H groups in total. The lowest BCUT2D eigenvalue weighted by Crippen LogP contribution is -2.21. The molecule has 0 saturated carbocycles. The second-order valence-electron chi connectivity index (χ2n) is 4.95. The van der Waals surface area contributed by atoms with E-state index in [1.54, 1.807) is 12.1 Å². The van der Waals surface area contributed by atoms with Crippen LogP contribution in [0, 0.1) is 11.6 Å². The molecule has 0 fully saturated rings. The van der Waals surface area contributed by atoms with Gasteiger partial charge < -0.3 is 5.32 Å². The number of rotatable bonds is 4. The summed E-state index contributed by atoms with van der Waals surface area (Å²) in [6, 6.07) is 10.3. The van der Waals surface area contributed by atoms with Crippen LogP contribution in [-0.2, 0) is 6.54 Å². The van der Waals surface area contributed by atoms with Crippen molar-refractivity contribution in [2.75, 3.05) is 0 Å². The van der Waals surface area contributed by atoms with Crippen molar-refractivity contribution in [3.63, 3.8) is 0 Å². The number of hydrogen-bond donors (Lipinski definition) is 1. The van der Waals surface area contributed by atoms with E-state index in [4.69, 9.17) is 0 Å². The first-order valence-corrected chi connectivity index (χ1v) is 7.24. The van der Waals surface area contributed by atoms with Crippen LogP contribution in [0.1, 0.15) is 19.4 Å². The third-order valence-corrected chi connectivity index (χ3v) is 3.61. The maximum absolute atomic E-state index is 14.0. The van der Waals surface area contributed by atoms with E-state index >= 15 is 0 Å². The van der Waals surface area contributed by atoms with Crippen LogP contribution in [0.15, 0.2) is 40.9 Å². The molecule has 0 spiro atoms. The van der Waals surface area contributed by atoms with Gasteiger partial charge in [0.25, 0.3) is 0 Å². The van der Waals surface area contributed by atoms with Gasteiger partial charge >= 0.3 is 0 Å². The monoisotopic (exact) mass is 339 g/mol. The van der Waals surface area contributed by atoms with Crippen LogP contribution in [0.2, 0.25) is 0 Å². The highest BCUT2D eigenvalue weighted by molar-refractivity contribution is 9.10. The molecule has 2 aromatic carbocycles. The fourth-order valence-corrected chi connectivity index (χ4v) is 2.23. The van der Waals surface area contributed by atoms with Crippen molar-refractivity contribution in [2.45, 2.75) is 26.4 Å². The van der Waals surface area contributed by atoms with Crippen LogP contribution in [-0.4, -0.2) is 6.04 Å². The summed E-state index contributed by atoms with van der Waals surface area (Å²) in [7, 11) is 0. The molecule has 106 valence electrons. The van der Waals surface area contributed by atoms with Gasteiger partial charge in [-0.15, -0.1) is 0 Å². The molecule has 0 atom stereocenters. The van der Waals surface area contributed by atoms with Gasteiger partial charge in [0.1, 0.15) is 11.6 Å². The van der Waals surface area contributed by atoms with Crippen LogP contribution in [0.25, 0.3) is 11.1 Å².